The molecule has 1 fully saturated rings. The lowest BCUT2D eigenvalue weighted by Crippen LogP contribution is -2.50. The van der Waals surface area contributed by atoms with Crippen LogP contribution in [0.1, 0.15) is 6.04 Å². The van der Waals surface area contributed by atoms with Gasteiger partial charge in [0.15, 0.2) is 0 Å². The summed E-state index contributed by atoms with van der Waals surface area (Å²) in [5.74, 6) is 1.69. The summed E-state index contributed by atoms with van der Waals surface area (Å²) < 4.78 is 8.15. The minimum Gasteiger partial charge on any atom is -0.457 e. The molecule has 6 nitrogen and oxygen atoms in total. The Bertz CT molecular complexity index is 1300. The fourth-order valence-corrected chi connectivity index (χ4v) is 4.13. The zero-order valence-corrected chi connectivity index (χ0v) is 19.5. The molecule has 2 aromatic carbocycles. The molecule has 0 unspecified atom stereocenters. The van der Waals surface area contributed by atoms with E-state index in [1.54, 1.807) is 6.08 Å². The Morgan fingerprint density at radius 1 is 1.03 bits per heavy atom. The van der Waals surface area contributed by atoms with E-state index in [4.69, 9.17) is 4.74 Å². The third-order valence-electron chi connectivity index (χ3n) is 6.03. The lowest BCUT2D eigenvalue weighted by Gasteiger charge is -2.39. The Morgan fingerprint density at radius 2 is 1.76 bits per heavy atom. The van der Waals surface area contributed by atoms with E-state index in [1.807, 2.05) is 84.7 Å². The van der Waals surface area contributed by atoms with Crippen molar-refractivity contribution >= 4 is 16.9 Å². The highest BCUT2D eigenvalue weighted by atomic mass is 16.5. The van der Waals surface area contributed by atoms with Crippen LogP contribution < -0.4 is 4.74 Å². The number of benzene rings is 2. The summed E-state index contributed by atoms with van der Waals surface area (Å²) in [4.78, 5) is 20.9. The third-order valence-corrected chi connectivity index (χ3v) is 6.03. The summed E-state index contributed by atoms with van der Waals surface area (Å²) in [7, 11) is 3.97. The van der Waals surface area contributed by atoms with E-state index in [-0.39, 0.29) is 11.9 Å². The molecule has 0 N–H and O–H groups in total. The number of rotatable bonds is 7. The first kappa shape index (κ1) is 21.9. The van der Waals surface area contributed by atoms with Crippen molar-refractivity contribution in [3.05, 3.63) is 91.3 Å². The Labute approximate surface area is 199 Å². The molecule has 172 valence electrons. The maximum Gasteiger partial charge on any atom is 0.246 e. The quantitative estimate of drug-likeness (QED) is 0.371. The predicted molar refractivity (Wildman–Crippen MR) is 135 cm³/mol. The van der Waals surface area contributed by atoms with Gasteiger partial charge in [0.2, 0.25) is 5.91 Å². The number of amides is 1. The number of ether oxygens (including phenoxy) is 1. The normalized spacial score (nSPS) is 14.1. The Balaban J connectivity index is 1.28. The lowest BCUT2D eigenvalue weighted by molar-refractivity contribution is -0.131. The number of hydrogen-bond acceptors (Lipinski definition) is 4. The van der Waals surface area contributed by atoms with Gasteiger partial charge < -0.3 is 19.1 Å². The SMILES string of the molecule is CN(C)CC=CC(=O)N1CC(n2ccc3ncc(-c4ccc(Oc5ccccc5)cc4)cc32)C1. The molecule has 4 aromatic rings. The minimum atomic E-state index is 0.0752. The van der Waals surface area contributed by atoms with E-state index in [0.29, 0.717) is 13.1 Å². The van der Waals surface area contributed by atoms with Gasteiger partial charge in [0, 0.05) is 43.7 Å². The van der Waals surface area contributed by atoms with Gasteiger partial charge in [-0.15, -0.1) is 0 Å². The fourth-order valence-electron chi connectivity index (χ4n) is 4.13. The molecule has 0 saturated carbocycles. The van der Waals surface area contributed by atoms with E-state index in [1.165, 1.54) is 0 Å². The molecule has 5 rings (SSSR count). The van der Waals surface area contributed by atoms with Gasteiger partial charge in [-0.1, -0.05) is 36.4 Å². The van der Waals surface area contributed by atoms with Gasteiger partial charge in [-0.05, 0) is 56.1 Å². The standard InChI is InChI=1S/C28H28N4O2/c1-30(2)15-6-9-28(33)31-19-23(20-31)32-16-14-26-27(32)17-22(18-29-26)21-10-12-25(13-11-21)34-24-7-4-3-5-8-24/h3-14,16-18,23H,15,19-20H2,1-2H3. The summed E-state index contributed by atoms with van der Waals surface area (Å²) in [6.07, 6.45) is 7.57. The molecule has 1 saturated heterocycles. The molecule has 6 heteroatoms. The van der Waals surface area contributed by atoms with Gasteiger partial charge in [0.05, 0.1) is 17.1 Å². The molecule has 34 heavy (non-hydrogen) atoms. The highest BCUT2D eigenvalue weighted by molar-refractivity contribution is 5.88. The highest BCUT2D eigenvalue weighted by Crippen LogP contribution is 2.30. The van der Waals surface area contributed by atoms with Crippen LogP contribution in [-0.2, 0) is 4.79 Å². The number of aromatic nitrogens is 2. The number of carbonyl (C=O) groups is 1. The number of carbonyl (C=O) groups excluding carboxylic acids is 1. The Morgan fingerprint density at radius 3 is 2.50 bits per heavy atom. The van der Waals surface area contributed by atoms with Gasteiger partial charge >= 0.3 is 0 Å². The van der Waals surface area contributed by atoms with Crippen LogP contribution in [0.3, 0.4) is 0 Å². The van der Waals surface area contributed by atoms with E-state index in [9.17, 15) is 4.79 Å². The molecule has 0 atom stereocenters. The van der Waals surface area contributed by atoms with Gasteiger partial charge in [-0.2, -0.15) is 0 Å². The number of fused-ring (bicyclic) bond motifs is 1. The number of likely N-dealkylation sites (N-methyl/N-ethyl adjacent to an activating group) is 1. The number of likely N-dealkylation sites (tertiary alicyclic amines) is 1. The molecule has 0 aliphatic carbocycles. The van der Waals surface area contributed by atoms with Crippen molar-refractivity contribution in [2.75, 3.05) is 33.7 Å². The second-order valence-electron chi connectivity index (χ2n) is 8.85. The van der Waals surface area contributed by atoms with Crippen LogP contribution in [0.2, 0.25) is 0 Å². The third kappa shape index (κ3) is 4.72. The van der Waals surface area contributed by atoms with Crippen molar-refractivity contribution in [1.82, 2.24) is 19.4 Å². The molecule has 0 spiro atoms. The summed E-state index contributed by atoms with van der Waals surface area (Å²) in [6.45, 7) is 2.19. The summed E-state index contributed by atoms with van der Waals surface area (Å²) in [5, 5.41) is 0. The van der Waals surface area contributed by atoms with Crippen LogP contribution >= 0.6 is 0 Å². The first-order valence-corrected chi connectivity index (χ1v) is 11.5. The van der Waals surface area contributed by atoms with Crippen molar-refractivity contribution in [2.45, 2.75) is 6.04 Å². The molecule has 2 aromatic heterocycles. The maximum atomic E-state index is 12.4. The number of pyridine rings is 1. The maximum absolute atomic E-state index is 12.4. The fraction of sp³-hybridized carbons (Fsp3) is 0.214. The first-order chi connectivity index (χ1) is 16.6. The van der Waals surface area contributed by atoms with Gasteiger partial charge in [0.25, 0.3) is 0 Å². The average Bonchev–Trinajstić information content (AvgIpc) is 3.22. The number of para-hydroxylation sites is 1. The van der Waals surface area contributed by atoms with E-state index >= 15 is 0 Å². The summed E-state index contributed by atoms with van der Waals surface area (Å²) in [5.41, 5.74) is 4.18. The van der Waals surface area contributed by atoms with Crippen molar-refractivity contribution in [2.24, 2.45) is 0 Å². The van der Waals surface area contributed by atoms with Crippen LogP contribution in [0.15, 0.2) is 91.3 Å². The van der Waals surface area contributed by atoms with Gasteiger partial charge in [-0.3, -0.25) is 9.78 Å². The molecule has 0 bridgehead atoms. The minimum absolute atomic E-state index is 0.0752. The van der Waals surface area contributed by atoms with Gasteiger partial charge in [-0.25, -0.2) is 0 Å². The second kappa shape index (κ2) is 9.53. The van der Waals surface area contributed by atoms with Crippen molar-refractivity contribution in [3.8, 4) is 22.6 Å². The van der Waals surface area contributed by atoms with Crippen LogP contribution in [0, 0.1) is 0 Å². The molecule has 1 amide bonds. The zero-order valence-electron chi connectivity index (χ0n) is 19.5. The lowest BCUT2D eigenvalue weighted by atomic mass is 10.1. The van der Waals surface area contributed by atoms with Gasteiger partial charge in [0.1, 0.15) is 11.5 Å². The molecule has 1 aliphatic heterocycles. The molecule has 1 aliphatic rings. The largest absolute Gasteiger partial charge is 0.457 e. The summed E-state index contributed by atoms with van der Waals surface area (Å²) in [6, 6.07) is 22.3. The topological polar surface area (TPSA) is 50.6 Å². The van der Waals surface area contributed by atoms with Crippen LogP contribution in [-0.4, -0.2) is 59.0 Å². The number of hydrogen-bond donors (Lipinski definition) is 0. The monoisotopic (exact) mass is 452 g/mol. The molecular weight excluding hydrogens is 424 g/mol. The zero-order chi connectivity index (χ0) is 23.5. The Kier molecular flexibility index (Phi) is 6.14. The Hall–Kier alpha value is -3.90. The second-order valence-corrected chi connectivity index (χ2v) is 8.85. The summed E-state index contributed by atoms with van der Waals surface area (Å²) >= 11 is 0. The van der Waals surface area contributed by atoms with Crippen molar-refractivity contribution in [3.63, 3.8) is 0 Å². The molecule has 3 heterocycles. The smallest absolute Gasteiger partial charge is 0.246 e. The van der Waals surface area contributed by atoms with E-state index in [0.717, 1.165) is 40.2 Å². The van der Waals surface area contributed by atoms with Crippen molar-refractivity contribution < 1.29 is 9.53 Å². The van der Waals surface area contributed by atoms with Crippen LogP contribution in [0.4, 0.5) is 0 Å². The van der Waals surface area contributed by atoms with E-state index < -0.39 is 0 Å². The predicted octanol–water partition coefficient (Wildman–Crippen LogP) is 5.00. The highest BCUT2D eigenvalue weighted by Gasteiger charge is 2.31. The van der Waals surface area contributed by atoms with Crippen LogP contribution in [0.5, 0.6) is 11.5 Å². The average molecular weight is 453 g/mol. The molecular formula is C28H28N4O2. The van der Waals surface area contributed by atoms with Crippen LogP contribution in [0.25, 0.3) is 22.2 Å². The first-order valence-electron chi connectivity index (χ1n) is 11.5. The van der Waals surface area contributed by atoms with Crippen molar-refractivity contribution in [1.29, 1.82) is 0 Å². The number of nitrogens with zero attached hydrogens (tertiary/aromatic N) is 4. The molecule has 0 radical (unpaired) electrons. The van der Waals surface area contributed by atoms with E-state index in [2.05, 4.69) is 33.9 Å².